The number of anilines is 1. The molecule has 0 aliphatic heterocycles. The predicted molar refractivity (Wildman–Crippen MR) is 73.6 cm³/mol. The molecular weight excluding hydrogens is 365 g/mol. The summed E-state index contributed by atoms with van der Waals surface area (Å²) in [5.74, 6) is 0. The number of nitrogens with one attached hydrogen (secondary N) is 2. The summed E-state index contributed by atoms with van der Waals surface area (Å²) in [6, 6.07) is 3.10. The Balaban J connectivity index is 2.39. The van der Waals surface area contributed by atoms with Crippen molar-refractivity contribution in [3.63, 3.8) is 0 Å². The van der Waals surface area contributed by atoms with Crippen LogP contribution in [0.3, 0.4) is 0 Å². The number of aromatic amines is 1. The van der Waals surface area contributed by atoms with Crippen molar-refractivity contribution in [3.8, 4) is 0 Å². The van der Waals surface area contributed by atoms with Gasteiger partial charge in [-0.1, -0.05) is 23.2 Å². The lowest BCUT2D eigenvalue weighted by atomic mass is 10.3. The van der Waals surface area contributed by atoms with Crippen molar-refractivity contribution in [3.05, 3.63) is 39.2 Å². The van der Waals surface area contributed by atoms with Gasteiger partial charge in [-0.25, -0.2) is 4.98 Å². The fourth-order valence-electron chi connectivity index (χ4n) is 1.19. The standard InChI is InChI=1S/C9H6BrCl2N3O2S/c10-5-1-2-6(9(12)8(5)11)15-18(16,17)7-3-13-4-14-7/h1-4,15H,(H,13,14). The van der Waals surface area contributed by atoms with Crippen LogP contribution in [0.25, 0.3) is 0 Å². The van der Waals surface area contributed by atoms with E-state index in [4.69, 9.17) is 23.2 Å². The molecule has 9 heteroatoms. The first kappa shape index (κ1) is 13.7. The van der Waals surface area contributed by atoms with Gasteiger partial charge in [-0.2, -0.15) is 8.42 Å². The van der Waals surface area contributed by atoms with Crippen LogP contribution in [0.15, 0.2) is 34.2 Å². The van der Waals surface area contributed by atoms with Crippen LogP contribution in [0.5, 0.6) is 0 Å². The molecule has 2 aromatic rings. The lowest BCUT2D eigenvalue weighted by Gasteiger charge is -2.09. The van der Waals surface area contributed by atoms with Crippen molar-refractivity contribution >= 4 is 54.8 Å². The Kier molecular flexibility index (Phi) is 3.86. The number of hydrogen-bond donors (Lipinski definition) is 2. The molecule has 0 spiro atoms. The van der Waals surface area contributed by atoms with E-state index in [1.807, 2.05) is 0 Å². The normalized spacial score (nSPS) is 11.5. The zero-order valence-electron chi connectivity index (χ0n) is 8.62. The maximum Gasteiger partial charge on any atom is 0.279 e. The fraction of sp³-hybridized carbons (Fsp3) is 0. The van der Waals surface area contributed by atoms with Crippen LogP contribution in [0, 0.1) is 0 Å². The Bertz CT molecular complexity index is 673. The molecule has 2 rings (SSSR count). The third-order valence-electron chi connectivity index (χ3n) is 2.04. The van der Waals surface area contributed by atoms with Crippen molar-refractivity contribution in [1.29, 1.82) is 0 Å². The Morgan fingerprint density at radius 3 is 2.61 bits per heavy atom. The monoisotopic (exact) mass is 369 g/mol. The maximum absolute atomic E-state index is 11.9. The highest BCUT2D eigenvalue weighted by Crippen LogP contribution is 2.36. The zero-order valence-corrected chi connectivity index (χ0v) is 12.5. The second-order valence-electron chi connectivity index (χ2n) is 3.24. The van der Waals surface area contributed by atoms with Crippen LogP contribution in [0.4, 0.5) is 5.69 Å². The van der Waals surface area contributed by atoms with Gasteiger partial charge in [-0.05, 0) is 28.1 Å². The maximum atomic E-state index is 11.9. The molecule has 0 bridgehead atoms. The van der Waals surface area contributed by atoms with Gasteiger partial charge in [0.2, 0.25) is 0 Å². The van der Waals surface area contributed by atoms with Crippen LogP contribution in [-0.4, -0.2) is 18.4 Å². The Labute approximate surface area is 122 Å². The second-order valence-corrected chi connectivity index (χ2v) is 6.51. The molecule has 18 heavy (non-hydrogen) atoms. The number of imidazole rings is 1. The lowest BCUT2D eigenvalue weighted by molar-refractivity contribution is 0.598. The fourth-order valence-corrected chi connectivity index (χ4v) is 3.05. The highest BCUT2D eigenvalue weighted by atomic mass is 79.9. The second kappa shape index (κ2) is 5.08. The van der Waals surface area contributed by atoms with Crippen LogP contribution in [0.2, 0.25) is 10.0 Å². The molecule has 0 atom stereocenters. The summed E-state index contributed by atoms with van der Waals surface area (Å²) in [7, 11) is -3.75. The molecule has 0 fully saturated rings. The summed E-state index contributed by atoms with van der Waals surface area (Å²) in [6.07, 6.45) is 2.46. The van der Waals surface area contributed by atoms with Gasteiger partial charge in [0.15, 0.2) is 5.03 Å². The van der Waals surface area contributed by atoms with Gasteiger partial charge in [0, 0.05) is 4.47 Å². The number of rotatable bonds is 3. The number of halogens is 3. The minimum atomic E-state index is -3.75. The summed E-state index contributed by atoms with van der Waals surface area (Å²) < 4.78 is 26.7. The van der Waals surface area contributed by atoms with Gasteiger partial charge in [0.25, 0.3) is 10.0 Å². The minimum Gasteiger partial charge on any atom is -0.334 e. The third-order valence-corrected chi connectivity index (χ3v) is 5.10. The first-order valence-electron chi connectivity index (χ1n) is 4.56. The molecule has 0 saturated carbocycles. The quantitative estimate of drug-likeness (QED) is 0.814. The summed E-state index contributed by atoms with van der Waals surface area (Å²) in [5, 5.41) is 0.299. The molecule has 0 amide bonds. The SMILES string of the molecule is O=S(=O)(Nc1ccc(Br)c(Cl)c1Cl)c1cnc[nH]1. The Morgan fingerprint density at radius 1 is 1.28 bits per heavy atom. The van der Waals surface area contributed by atoms with Crippen molar-refractivity contribution in [1.82, 2.24) is 9.97 Å². The molecule has 0 radical (unpaired) electrons. The number of sulfonamides is 1. The molecule has 2 N–H and O–H groups in total. The van der Waals surface area contributed by atoms with Gasteiger partial charge in [-0.15, -0.1) is 0 Å². The number of benzene rings is 1. The van der Waals surface area contributed by atoms with Crippen molar-refractivity contribution in [2.45, 2.75) is 5.03 Å². The molecule has 1 heterocycles. The molecule has 96 valence electrons. The summed E-state index contributed by atoms with van der Waals surface area (Å²) in [4.78, 5) is 6.14. The Morgan fingerprint density at radius 2 is 2.00 bits per heavy atom. The minimum absolute atomic E-state index is 0.0578. The molecule has 1 aromatic heterocycles. The van der Waals surface area contributed by atoms with E-state index in [-0.39, 0.29) is 20.8 Å². The van der Waals surface area contributed by atoms with E-state index in [1.165, 1.54) is 18.6 Å². The molecule has 0 unspecified atom stereocenters. The summed E-state index contributed by atoms with van der Waals surface area (Å²) >= 11 is 15.0. The van der Waals surface area contributed by atoms with E-state index < -0.39 is 10.0 Å². The van der Waals surface area contributed by atoms with E-state index in [2.05, 4.69) is 30.6 Å². The van der Waals surface area contributed by atoms with Crippen molar-refractivity contribution in [2.24, 2.45) is 0 Å². The predicted octanol–water partition coefficient (Wildman–Crippen LogP) is 3.28. The highest BCUT2D eigenvalue weighted by Gasteiger charge is 2.18. The van der Waals surface area contributed by atoms with Crippen molar-refractivity contribution in [2.75, 3.05) is 4.72 Å². The molecule has 0 aliphatic carbocycles. The van der Waals surface area contributed by atoms with Gasteiger partial charge < -0.3 is 4.98 Å². The zero-order chi connectivity index (χ0) is 13.3. The summed E-state index contributed by atoms with van der Waals surface area (Å²) in [6.45, 7) is 0. The molecule has 1 aromatic carbocycles. The van der Waals surface area contributed by atoms with E-state index in [9.17, 15) is 8.42 Å². The number of nitrogens with zero attached hydrogens (tertiary/aromatic N) is 1. The van der Waals surface area contributed by atoms with Gasteiger partial charge in [0.1, 0.15) is 0 Å². The van der Waals surface area contributed by atoms with E-state index in [0.29, 0.717) is 4.47 Å². The van der Waals surface area contributed by atoms with Gasteiger partial charge in [0.05, 0.1) is 28.3 Å². The molecule has 0 aliphatic rings. The number of H-pyrrole nitrogens is 1. The van der Waals surface area contributed by atoms with Crippen LogP contribution in [-0.2, 0) is 10.0 Å². The van der Waals surface area contributed by atoms with Crippen molar-refractivity contribution < 1.29 is 8.42 Å². The molecule has 5 nitrogen and oxygen atoms in total. The summed E-state index contributed by atoms with van der Waals surface area (Å²) in [5.41, 5.74) is 0.194. The number of hydrogen-bond acceptors (Lipinski definition) is 3. The molecule has 0 saturated heterocycles. The first-order valence-corrected chi connectivity index (χ1v) is 7.60. The van der Waals surface area contributed by atoms with E-state index >= 15 is 0 Å². The van der Waals surface area contributed by atoms with Gasteiger partial charge >= 0.3 is 0 Å². The lowest BCUT2D eigenvalue weighted by Crippen LogP contribution is -2.13. The average molecular weight is 371 g/mol. The first-order chi connectivity index (χ1) is 8.42. The number of aromatic nitrogens is 2. The largest absolute Gasteiger partial charge is 0.334 e. The van der Waals surface area contributed by atoms with Crippen LogP contribution >= 0.6 is 39.1 Å². The van der Waals surface area contributed by atoms with E-state index in [1.54, 1.807) is 6.07 Å². The Hall–Kier alpha value is -0.760. The molecular formula is C9H6BrCl2N3O2S. The highest BCUT2D eigenvalue weighted by molar-refractivity contribution is 9.10. The third kappa shape index (κ3) is 2.64. The topological polar surface area (TPSA) is 74.8 Å². The average Bonchev–Trinajstić information content (AvgIpc) is 2.84. The smallest absolute Gasteiger partial charge is 0.279 e. The van der Waals surface area contributed by atoms with Crippen LogP contribution < -0.4 is 4.72 Å². The van der Waals surface area contributed by atoms with Crippen LogP contribution in [0.1, 0.15) is 0 Å². The van der Waals surface area contributed by atoms with Gasteiger partial charge in [-0.3, -0.25) is 4.72 Å². The van der Waals surface area contributed by atoms with E-state index in [0.717, 1.165) is 0 Å².